The fourth-order valence-corrected chi connectivity index (χ4v) is 3.07. The van der Waals surface area contributed by atoms with E-state index in [-0.39, 0.29) is 28.6 Å². The first-order chi connectivity index (χ1) is 13.0. The van der Waals surface area contributed by atoms with Crippen molar-refractivity contribution in [3.63, 3.8) is 0 Å². The second-order valence-electron chi connectivity index (χ2n) is 5.75. The quantitative estimate of drug-likeness (QED) is 0.609. The van der Waals surface area contributed by atoms with Crippen molar-refractivity contribution in [3.05, 3.63) is 82.1 Å². The molecule has 0 saturated carbocycles. The molecule has 0 spiro atoms. The smallest absolute Gasteiger partial charge is 0.273 e. The van der Waals surface area contributed by atoms with Crippen molar-refractivity contribution in [2.75, 3.05) is 5.73 Å². The number of nitrogens with two attached hydrogens (primary N) is 1. The number of benzene rings is 2. The highest BCUT2D eigenvalue weighted by Crippen LogP contribution is 2.21. The zero-order valence-corrected chi connectivity index (χ0v) is 15.1. The van der Waals surface area contributed by atoms with Gasteiger partial charge in [0.15, 0.2) is 5.69 Å². The van der Waals surface area contributed by atoms with Gasteiger partial charge in [0.25, 0.3) is 11.8 Å². The van der Waals surface area contributed by atoms with E-state index in [2.05, 4.69) is 15.0 Å². The topological polar surface area (TPSA) is 97.1 Å². The minimum absolute atomic E-state index is 0.0304. The molecule has 0 bridgehead atoms. The van der Waals surface area contributed by atoms with E-state index >= 15 is 0 Å². The Labute approximate surface area is 159 Å². The Kier molecular flexibility index (Phi) is 5.77. The monoisotopic (exact) mass is 384 g/mol. The van der Waals surface area contributed by atoms with Gasteiger partial charge in [-0.15, -0.1) is 0 Å². The fraction of sp³-hybridized carbons (Fsp3) is 0.105. The summed E-state index contributed by atoms with van der Waals surface area (Å²) in [5.74, 6) is -1.22. The second kappa shape index (κ2) is 8.41. The minimum atomic E-state index is -0.440. The third-order valence-corrected chi connectivity index (χ3v) is 4.67. The summed E-state index contributed by atoms with van der Waals surface area (Å²) in [6.07, 6.45) is 0. The van der Waals surface area contributed by atoms with Crippen LogP contribution in [0.4, 0.5) is 10.1 Å². The van der Waals surface area contributed by atoms with E-state index in [0.717, 1.165) is 22.7 Å². The Bertz CT molecular complexity index is 942. The Morgan fingerprint density at radius 3 is 2.19 bits per heavy atom. The molecular formula is C19H17FN4O2S. The number of carbonyl (C=O) groups is 2. The predicted molar refractivity (Wildman–Crippen MR) is 102 cm³/mol. The minimum Gasteiger partial charge on any atom is -0.395 e. The summed E-state index contributed by atoms with van der Waals surface area (Å²) in [5, 5.41) is 5.41. The summed E-state index contributed by atoms with van der Waals surface area (Å²) in [6.45, 7) is 0.550. The van der Waals surface area contributed by atoms with Gasteiger partial charge in [0.2, 0.25) is 0 Å². The average molecular weight is 384 g/mol. The van der Waals surface area contributed by atoms with Crippen LogP contribution < -0.4 is 16.4 Å². The molecule has 0 aliphatic carbocycles. The highest BCUT2D eigenvalue weighted by molar-refractivity contribution is 7.09. The fourth-order valence-electron chi connectivity index (χ4n) is 2.35. The van der Waals surface area contributed by atoms with Crippen molar-refractivity contribution in [3.8, 4) is 0 Å². The van der Waals surface area contributed by atoms with E-state index in [0.29, 0.717) is 6.54 Å². The molecule has 0 saturated heterocycles. The second-order valence-corrected chi connectivity index (χ2v) is 6.52. The number of hydrogen-bond donors (Lipinski definition) is 3. The third kappa shape index (κ3) is 4.68. The Hall–Kier alpha value is -3.26. The van der Waals surface area contributed by atoms with Crippen molar-refractivity contribution < 1.29 is 14.0 Å². The van der Waals surface area contributed by atoms with Crippen molar-refractivity contribution >= 4 is 29.0 Å². The molecule has 8 heteroatoms. The molecule has 6 nitrogen and oxygen atoms in total. The normalized spacial score (nSPS) is 10.4. The largest absolute Gasteiger partial charge is 0.395 e. The molecule has 0 atom stereocenters. The van der Waals surface area contributed by atoms with E-state index < -0.39 is 11.8 Å². The summed E-state index contributed by atoms with van der Waals surface area (Å²) in [6, 6.07) is 15.2. The Balaban J connectivity index is 1.60. The van der Waals surface area contributed by atoms with Gasteiger partial charge >= 0.3 is 0 Å². The lowest BCUT2D eigenvalue weighted by Gasteiger charge is -2.05. The number of nitrogens with zero attached hydrogens (tertiary/aromatic N) is 1. The van der Waals surface area contributed by atoms with E-state index in [1.54, 1.807) is 12.1 Å². The third-order valence-electron chi connectivity index (χ3n) is 3.81. The molecule has 0 aliphatic rings. The molecule has 27 heavy (non-hydrogen) atoms. The highest BCUT2D eigenvalue weighted by Gasteiger charge is 2.21. The molecule has 0 unspecified atom stereocenters. The standard InChI is InChI=1S/C19H17FN4O2S/c20-14-8-6-13(7-9-14)11-23-19(26)17-15(21)16(24-27-17)18(25)22-10-12-4-2-1-3-5-12/h1-9H,10-11,21H2,(H,22,25)(H,23,26). The lowest BCUT2D eigenvalue weighted by Crippen LogP contribution is -2.25. The molecule has 3 aromatic rings. The molecule has 0 aliphatic heterocycles. The molecule has 2 aromatic carbocycles. The van der Waals surface area contributed by atoms with Crippen molar-refractivity contribution in [1.29, 1.82) is 0 Å². The maximum absolute atomic E-state index is 12.9. The SMILES string of the molecule is Nc1c(C(=O)NCc2ccccc2)nsc1C(=O)NCc1ccc(F)cc1. The van der Waals surface area contributed by atoms with Crippen molar-refractivity contribution in [1.82, 2.24) is 15.0 Å². The van der Waals surface area contributed by atoms with Crippen LogP contribution in [0.3, 0.4) is 0 Å². The molecule has 138 valence electrons. The number of halogens is 1. The zero-order chi connectivity index (χ0) is 19.2. The molecule has 4 N–H and O–H groups in total. The lowest BCUT2D eigenvalue weighted by molar-refractivity contribution is 0.0946. The average Bonchev–Trinajstić information content (AvgIpc) is 3.08. The molecule has 0 fully saturated rings. The van der Waals surface area contributed by atoms with Gasteiger partial charge in [0.1, 0.15) is 10.7 Å². The number of anilines is 1. The maximum Gasteiger partial charge on any atom is 0.273 e. The van der Waals surface area contributed by atoms with Crippen LogP contribution in [-0.4, -0.2) is 16.2 Å². The van der Waals surface area contributed by atoms with Crippen molar-refractivity contribution in [2.45, 2.75) is 13.1 Å². The van der Waals surface area contributed by atoms with Gasteiger partial charge in [0.05, 0.1) is 5.69 Å². The molecule has 3 rings (SSSR count). The molecular weight excluding hydrogens is 367 g/mol. The zero-order valence-electron chi connectivity index (χ0n) is 14.2. The number of nitrogens with one attached hydrogen (secondary N) is 2. The molecule has 0 radical (unpaired) electrons. The van der Waals surface area contributed by atoms with E-state index in [1.165, 1.54) is 12.1 Å². The number of hydrogen-bond acceptors (Lipinski definition) is 5. The summed E-state index contributed by atoms with van der Waals surface area (Å²) in [4.78, 5) is 24.7. The van der Waals surface area contributed by atoms with E-state index in [9.17, 15) is 14.0 Å². The van der Waals surface area contributed by atoms with Gasteiger partial charge in [-0.25, -0.2) is 4.39 Å². The molecule has 1 heterocycles. The van der Waals surface area contributed by atoms with Crippen LogP contribution in [0.25, 0.3) is 0 Å². The molecule has 1 aromatic heterocycles. The van der Waals surface area contributed by atoms with Gasteiger partial charge in [-0.2, -0.15) is 4.37 Å². The number of nitrogen functional groups attached to an aromatic ring is 1. The van der Waals surface area contributed by atoms with Gasteiger partial charge in [-0.05, 0) is 34.8 Å². The van der Waals surface area contributed by atoms with Gasteiger partial charge < -0.3 is 16.4 Å². The van der Waals surface area contributed by atoms with E-state index in [1.807, 2.05) is 30.3 Å². The number of rotatable bonds is 6. The maximum atomic E-state index is 12.9. The lowest BCUT2D eigenvalue weighted by atomic mass is 10.2. The first-order valence-corrected chi connectivity index (χ1v) is 8.92. The first kappa shape index (κ1) is 18.5. The Morgan fingerprint density at radius 2 is 1.52 bits per heavy atom. The Morgan fingerprint density at radius 1 is 0.926 bits per heavy atom. The van der Waals surface area contributed by atoms with Crippen LogP contribution in [0.1, 0.15) is 31.3 Å². The summed E-state index contributed by atoms with van der Waals surface area (Å²) < 4.78 is 16.9. The highest BCUT2D eigenvalue weighted by atomic mass is 32.1. The number of carbonyl (C=O) groups excluding carboxylic acids is 2. The van der Waals surface area contributed by atoms with Crippen LogP contribution in [0.15, 0.2) is 54.6 Å². The van der Waals surface area contributed by atoms with Gasteiger partial charge in [0, 0.05) is 13.1 Å². The summed E-state index contributed by atoms with van der Waals surface area (Å²) in [5.41, 5.74) is 7.70. The van der Waals surface area contributed by atoms with Gasteiger partial charge in [-0.1, -0.05) is 42.5 Å². The number of aromatic nitrogens is 1. The van der Waals surface area contributed by atoms with Crippen molar-refractivity contribution in [2.24, 2.45) is 0 Å². The van der Waals surface area contributed by atoms with E-state index in [4.69, 9.17) is 5.73 Å². The molecule has 2 amide bonds. The van der Waals surface area contributed by atoms with Crippen LogP contribution >= 0.6 is 11.5 Å². The van der Waals surface area contributed by atoms with Crippen LogP contribution in [0.5, 0.6) is 0 Å². The predicted octanol–water partition coefficient (Wildman–Crippen LogP) is 2.72. The van der Waals surface area contributed by atoms with Crippen LogP contribution in [-0.2, 0) is 13.1 Å². The van der Waals surface area contributed by atoms with Crippen LogP contribution in [0.2, 0.25) is 0 Å². The van der Waals surface area contributed by atoms with Crippen LogP contribution in [0, 0.1) is 5.82 Å². The van der Waals surface area contributed by atoms with Gasteiger partial charge in [-0.3, -0.25) is 9.59 Å². The summed E-state index contributed by atoms with van der Waals surface area (Å²) in [7, 11) is 0. The first-order valence-electron chi connectivity index (χ1n) is 8.14. The number of amides is 2. The summed E-state index contributed by atoms with van der Waals surface area (Å²) >= 11 is 0.864.